The normalized spacial score (nSPS) is 18.6. The van der Waals surface area contributed by atoms with Gasteiger partial charge < -0.3 is 4.74 Å². The van der Waals surface area contributed by atoms with Gasteiger partial charge >= 0.3 is 0 Å². The van der Waals surface area contributed by atoms with Crippen molar-refractivity contribution in [3.63, 3.8) is 0 Å². The Morgan fingerprint density at radius 3 is 2.67 bits per heavy atom. The van der Waals surface area contributed by atoms with Crippen molar-refractivity contribution in [2.75, 3.05) is 0 Å². The van der Waals surface area contributed by atoms with Crippen LogP contribution in [-0.2, 0) is 4.79 Å². The van der Waals surface area contributed by atoms with Gasteiger partial charge in [0, 0.05) is 5.56 Å². The molecule has 78 valence electrons. The lowest BCUT2D eigenvalue weighted by Gasteiger charge is -2.21. The van der Waals surface area contributed by atoms with Crippen molar-refractivity contribution in [2.24, 2.45) is 4.99 Å². The van der Waals surface area contributed by atoms with Crippen LogP contribution in [0, 0.1) is 0 Å². The molecule has 0 radical (unpaired) electrons. The maximum Gasteiger partial charge on any atom is 0.289 e. The van der Waals surface area contributed by atoms with E-state index in [0.29, 0.717) is 5.71 Å². The Morgan fingerprint density at radius 2 is 1.93 bits per heavy atom. The average molecular weight is 203 g/mol. The zero-order valence-electron chi connectivity index (χ0n) is 9.07. The fourth-order valence-corrected chi connectivity index (χ4v) is 1.52. The van der Waals surface area contributed by atoms with Gasteiger partial charge in [0.05, 0.1) is 5.71 Å². The minimum absolute atomic E-state index is 0.240. The molecule has 1 heterocycles. The van der Waals surface area contributed by atoms with Crippen LogP contribution in [0.5, 0.6) is 5.75 Å². The molecule has 0 unspecified atom stereocenters. The number of fused-ring (bicyclic) bond motifs is 1. The molecule has 15 heavy (non-hydrogen) atoms. The molecule has 0 fully saturated rings. The zero-order valence-corrected chi connectivity index (χ0v) is 9.07. The number of carbonyl (C=O) groups excluding carboxylic acids is 1. The van der Waals surface area contributed by atoms with Crippen molar-refractivity contribution in [2.45, 2.75) is 26.4 Å². The Kier molecular flexibility index (Phi) is 2.11. The first kappa shape index (κ1) is 9.90. The lowest BCUT2D eigenvalue weighted by Crippen LogP contribution is -2.36. The largest absolute Gasteiger partial charge is 0.477 e. The molecule has 3 heteroatoms. The van der Waals surface area contributed by atoms with Crippen LogP contribution in [0.4, 0.5) is 0 Å². The van der Waals surface area contributed by atoms with E-state index in [1.54, 1.807) is 13.8 Å². The van der Waals surface area contributed by atoms with Gasteiger partial charge in [-0.3, -0.25) is 4.79 Å². The number of amides is 1. The van der Waals surface area contributed by atoms with Gasteiger partial charge in [-0.2, -0.15) is 0 Å². The highest BCUT2D eigenvalue weighted by Gasteiger charge is 2.33. The highest BCUT2D eigenvalue weighted by atomic mass is 16.5. The number of aliphatic imine (C=N–C) groups is 1. The van der Waals surface area contributed by atoms with Crippen molar-refractivity contribution in [3.8, 4) is 5.75 Å². The molecule has 1 aliphatic rings. The SMILES string of the molecule is CC1=NC(=O)C(C)(C)Oc2ccccc21. The number of para-hydroxylation sites is 1. The first-order valence-corrected chi connectivity index (χ1v) is 4.89. The summed E-state index contributed by atoms with van der Waals surface area (Å²) in [6, 6.07) is 7.56. The average Bonchev–Trinajstić information content (AvgIpc) is 2.24. The van der Waals surface area contributed by atoms with Crippen molar-refractivity contribution in [1.29, 1.82) is 0 Å². The van der Waals surface area contributed by atoms with Gasteiger partial charge in [0.25, 0.3) is 5.91 Å². The minimum Gasteiger partial charge on any atom is -0.477 e. The summed E-state index contributed by atoms with van der Waals surface area (Å²) in [4.78, 5) is 15.7. The molecule has 0 aromatic heterocycles. The predicted molar refractivity (Wildman–Crippen MR) is 58.4 cm³/mol. The quantitative estimate of drug-likeness (QED) is 0.648. The molecule has 1 aromatic rings. The summed E-state index contributed by atoms with van der Waals surface area (Å²) in [7, 11) is 0. The Labute approximate surface area is 88.8 Å². The summed E-state index contributed by atoms with van der Waals surface area (Å²) in [6.45, 7) is 5.28. The van der Waals surface area contributed by atoms with Crippen molar-refractivity contribution in [1.82, 2.24) is 0 Å². The van der Waals surface area contributed by atoms with E-state index in [1.807, 2.05) is 31.2 Å². The van der Waals surface area contributed by atoms with Gasteiger partial charge in [0.1, 0.15) is 5.75 Å². The summed E-state index contributed by atoms with van der Waals surface area (Å²) in [6.07, 6.45) is 0. The highest BCUT2D eigenvalue weighted by Crippen LogP contribution is 2.27. The molecule has 1 aromatic carbocycles. The van der Waals surface area contributed by atoms with Gasteiger partial charge in [-0.15, -0.1) is 0 Å². The van der Waals surface area contributed by atoms with Gasteiger partial charge in [-0.05, 0) is 32.9 Å². The Morgan fingerprint density at radius 1 is 1.27 bits per heavy atom. The first-order valence-electron chi connectivity index (χ1n) is 4.89. The fraction of sp³-hybridized carbons (Fsp3) is 0.333. The van der Waals surface area contributed by atoms with Crippen LogP contribution in [0.15, 0.2) is 29.3 Å². The first-order chi connectivity index (χ1) is 7.00. The second kappa shape index (κ2) is 3.19. The molecule has 0 saturated heterocycles. The minimum atomic E-state index is -0.881. The Bertz CT molecular complexity index is 447. The number of rotatable bonds is 0. The van der Waals surface area contributed by atoms with E-state index in [0.717, 1.165) is 11.3 Å². The van der Waals surface area contributed by atoms with Crippen LogP contribution in [0.25, 0.3) is 0 Å². The molecule has 0 saturated carbocycles. The predicted octanol–water partition coefficient (Wildman–Crippen LogP) is 2.19. The van der Waals surface area contributed by atoms with E-state index in [1.165, 1.54) is 0 Å². The van der Waals surface area contributed by atoms with Crippen LogP contribution >= 0.6 is 0 Å². The molecule has 1 amide bonds. The third-order valence-electron chi connectivity index (χ3n) is 2.43. The topological polar surface area (TPSA) is 38.7 Å². The lowest BCUT2D eigenvalue weighted by molar-refractivity contribution is -0.130. The number of hydrogen-bond acceptors (Lipinski definition) is 2. The molecule has 0 N–H and O–H groups in total. The molecular weight excluding hydrogens is 190 g/mol. The maximum atomic E-state index is 11.7. The van der Waals surface area contributed by atoms with E-state index >= 15 is 0 Å². The van der Waals surface area contributed by atoms with Gasteiger partial charge in [-0.1, -0.05) is 12.1 Å². The molecule has 2 rings (SSSR count). The number of nitrogens with zero attached hydrogens (tertiary/aromatic N) is 1. The fourth-order valence-electron chi connectivity index (χ4n) is 1.52. The van der Waals surface area contributed by atoms with E-state index in [4.69, 9.17) is 4.74 Å². The molecule has 3 nitrogen and oxygen atoms in total. The monoisotopic (exact) mass is 203 g/mol. The molecule has 0 aliphatic carbocycles. The third-order valence-corrected chi connectivity index (χ3v) is 2.43. The summed E-state index contributed by atoms with van der Waals surface area (Å²) in [5.41, 5.74) is 0.714. The second-order valence-corrected chi connectivity index (χ2v) is 4.11. The highest BCUT2D eigenvalue weighted by molar-refractivity contribution is 6.09. The lowest BCUT2D eigenvalue weighted by atomic mass is 10.1. The summed E-state index contributed by atoms with van der Waals surface area (Å²) >= 11 is 0. The summed E-state index contributed by atoms with van der Waals surface area (Å²) in [5.74, 6) is 0.478. The van der Waals surface area contributed by atoms with Gasteiger partial charge in [0.2, 0.25) is 0 Å². The van der Waals surface area contributed by atoms with Crippen LogP contribution < -0.4 is 4.74 Å². The molecule has 0 bridgehead atoms. The van der Waals surface area contributed by atoms with E-state index in [9.17, 15) is 4.79 Å². The van der Waals surface area contributed by atoms with Crippen molar-refractivity contribution >= 4 is 11.6 Å². The third kappa shape index (κ3) is 1.65. The van der Waals surface area contributed by atoms with E-state index in [-0.39, 0.29) is 5.91 Å². The molecule has 0 atom stereocenters. The number of ether oxygens (including phenoxy) is 1. The molecular formula is C12H13NO2. The molecule has 1 aliphatic heterocycles. The maximum absolute atomic E-state index is 11.7. The van der Waals surface area contributed by atoms with Crippen molar-refractivity contribution < 1.29 is 9.53 Å². The zero-order chi connectivity index (χ0) is 11.1. The van der Waals surface area contributed by atoms with Crippen LogP contribution in [-0.4, -0.2) is 17.2 Å². The standard InChI is InChI=1S/C12H13NO2/c1-8-9-6-4-5-7-10(9)15-12(2,3)11(14)13-8/h4-7H,1-3H3. The van der Waals surface area contributed by atoms with Gasteiger partial charge in [0.15, 0.2) is 5.60 Å². The Hall–Kier alpha value is -1.64. The number of hydrogen-bond donors (Lipinski definition) is 0. The summed E-state index contributed by atoms with van der Waals surface area (Å²) < 4.78 is 5.66. The van der Waals surface area contributed by atoms with Crippen LogP contribution in [0.1, 0.15) is 26.3 Å². The van der Waals surface area contributed by atoms with E-state index < -0.39 is 5.60 Å². The number of benzene rings is 1. The van der Waals surface area contributed by atoms with E-state index in [2.05, 4.69) is 4.99 Å². The van der Waals surface area contributed by atoms with Crippen LogP contribution in [0.2, 0.25) is 0 Å². The molecule has 0 spiro atoms. The van der Waals surface area contributed by atoms with Gasteiger partial charge in [-0.25, -0.2) is 4.99 Å². The van der Waals surface area contributed by atoms with Crippen LogP contribution in [0.3, 0.4) is 0 Å². The summed E-state index contributed by atoms with van der Waals surface area (Å²) in [5, 5.41) is 0. The second-order valence-electron chi connectivity index (χ2n) is 4.11. The Balaban J connectivity index is 2.60. The van der Waals surface area contributed by atoms with Crippen molar-refractivity contribution in [3.05, 3.63) is 29.8 Å². The number of carbonyl (C=O) groups is 1. The smallest absolute Gasteiger partial charge is 0.289 e.